The Morgan fingerprint density at radius 2 is 2.50 bits per heavy atom. The zero-order valence-electron chi connectivity index (χ0n) is 5.21. The SMILES string of the molecule is CCC1(I)CCNC1. The molecule has 1 nitrogen and oxygen atoms in total. The Morgan fingerprint density at radius 1 is 1.75 bits per heavy atom. The van der Waals surface area contributed by atoms with Crippen LogP contribution in [0.5, 0.6) is 0 Å². The van der Waals surface area contributed by atoms with E-state index in [1.54, 1.807) is 0 Å². The lowest BCUT2D eigenvalue weighted by molar-refractivity contribution is 0.652. The van der Waals surface area contributed by atoms with E-state index in [-0.39, 0.29) is 0 Å². The van der Waals surface area contributed by atoms with Crippen molar-refractivity contribution in [3.63, 3.8) is 0 Å². The smallest absolute Gasteiger partial charge is 0.0356 e. The van der Waals surface area contributed by atoms with Gasteiger partial charge >= 0.3 is 0 Å². The second-order valence-electron chi connectivity index (χ2n) is 2.43. The zero-order valence-corrected chi connectivity index (χ0v) is 7.36. The molecule has 48 valence electrons. The standard InChI is InChI=1S/C6H12IN/c1-2-6(7)3-4-8-5-6/h8H,2-5H2,1H3. The molecule has 1 N–H and O–H groups in total. The molecule has 0 aromatic carbocycles. The van der Waals surface area contributed by atoms with E-state index in [1.807, 2.05) is 0 Å². The second-order valence-corrected chi connectivity index (χ2v) is 4.72. The zero-order chi connectivity index (χ0) is 6.04. The molecule has 1 saturated heterocycles. The van der Waals surface area contributed by atoms with E-state index in [1.165, 1.54) is 25.9 Å². The van der Waals surface area contributed by atoms with Crippen molar-refractivity contribution >= 4 is 22.6 Å². The highest BCUT2D eigenvalue weighted by Gasteiger charge is 2.27. The van der Waals surface area contributed by atoms with E-state index in [0.717, 1.165) is 0 Å². The van der Waals surface area contributed by atoms with Gasteiger partial charge in [0.15, 0.2) is 0 Å². The van der Waals surface area contributed by atoms with Crippen molar-refractivity contribution in [3.05, 3.63) is 0 Å². The molecule has 0 aliphatic carbocycles. The first-order chi connectivity index (χ1) is 3.77. The van der Waals surface area contributed by atoms with E-state index in [2.05, 4.69) is 34.8 Å². The summed E-state index contributed by atoms with van der Waals surface area (Å²) < 4.78 is 0.595. The normalized spacial score (nSPS) is 38.2. The van der Waals surface area contributed by atoms with Crippen molar-refractivity contribution in [2.45, 2.75) is 23.2 Å². The van der Waals surface area contributed by atoms with Crippen molar-refractivity contribution in [2.24, 2.45) is 0 Å². The summed E-state index contributed by atoms with van der Waals surface area (Å²) in [7, 11) is 0. The maximum Gasteiger partial charge on any atom is 0.0356 e. The van der Waals surface area contributed by atoms with Gasteiger partial charge in [0.05, 0.1) is 0 Å². The number of alkyl halides is 1. The van der Waals surface area contributed by atoms with Crippen LogP contribution in [0, 0.1) is 0 Å². The summed E-state index contributed by atoms with van der Waals surface area (Å²) in [5.41, 5.74) is 0. The largest absolute Gasteiger partial charge is 0.315 e. The topological polar surface area (TPSA) is 12.0 Å². The molecule has 0 radical (unpaired) electrons. The van der Waals surface area contributed by atoms with Crippen LogP contribution in [0.25, 0.3) is 0 Å². The minimum Gasteiger partial charge on any atom is -0.315 e. The first-order valence-electron chi connectivity index (χ1n) is 3.16. The average Bonchev–Trinajstić information content (AvgIpc) is 2.17. The van der Waals surface area contributed by atoms with Crippen molar-refractivity contribution in [1.29, 1.82) is 0 Å². The number of halogens is 1. The van der Waals surface area contributed by atoms with Gasteiger partial charge in [-0.15, -0.1) is 0 Å². The fourth-order valence-electron chi connectivity index (χ4n) is 1.01. The summed E-state index contributed by atoms with van der Waals surface area (Å²) in [5.74, 6) is 0. The summed E-state index contributed by atoms with van der Waals surface area (Å²) >= 11 is 2.57. The fourth-order valence-corrected chi connectivity index (χ4v) is 1.55. The number of nitrogens with one attached hydrogen (secondary N) is 1. The molecule has 1 heterocycles. The maximum absolute atomic E-state index is 3.36. The Labute approximate surface area is 64.4 Å². The van der Waals surface area contributed by atoms with Gasteiger partial charge in [0.2, 0.25) is 0 Å². The van der Waals surface area contributed by atoms with Crippen LogP contribution in [0.15, 0.2) is 0 Å². The second kappa shape index (κ2) is 2.52. The van der Waals surface area contributed by atoms with Gasteiger partial charge in [-0.1, -0.05) is 29.5 Å². The summed E-state index contributed by atoms with van der Waals surface area (Å²) in [6.07, 6.45) is 2.66. The lowest BCUT2D eigenvalue weighted by atomic mass is 10.1. The van der Waals surface area contributed by atoms with Crippen LogP contribution in [-0.2, 0) is 0 Å². The highest BCUT2D eigenvalue weighted by atomic mass is 127. The van der Waals surface area contributed by atoms with Gasteiger partial charge in [-0.3, -0.25) is 0 Å². The molecule has 1 atom stereocenters. The van der Waals surface area contributed by atoms with Crippen LogP contribution >= 0.6 is 22.6 Å². The van der Waals surface area contributed by atoms with E-state index in [4.69, 9.17) is 0 Å². The third-order valence-corrected chi connectivity index (χ3v) is 3.51. The van der Waals surface area contributed by atoms with Gasteiger partial charge in [-0.25, -0.2) is 0 Å². The van der Waals surface area contributed by atoms with Crippen LogP contribution in [0.4, 0.5) is 0 Å². The van der Waals surface area contributed by atoms with Crippen LogP contribution in [-0.4, -0.2) is 16.5 Å². The van der Waals surface area contributed by atoms with Crippen LogP contribution in [0.3, 0.4) is 0 Å². The molecule has 0 spiro atoms. The molecule has 0 aromatic rings. The summed E-state index contributed by atoms with van der Waals surface area (Å²) in [6, 6.07) is 0. The molecule has 1 aliphatic heterocycles. The van der Waals surface area contributed by atoms with Gasteiger partial charge in [0.25, 0.3) is 0 Å². The van der Waals surface area contributed by atoms with E-state index < -0.39 is 0 Å². The minimum atomic E-state index is 0.595. The van der Waals surface area contributed by atoms with E-state index in [0.29, 0.717) is 3.42 Å². The molecule has 1 rings (SSSR count). The quantitative estimate of drug-likeness (QED) is 0.527. The van der Waals surface area contributed by atoms with Crippen LogP contribution in [0.2, 0.25) is 0 Å². The molecule has 1 fully saturated rings. The molecule has 1 aliphatic rings. The Hall–Kier alpha value is 0.690. The monoisotopic (exact) mass is 225 g/mol. The summed E-state index contributed by atoms with van der Waals surface area (Å²) in [5, 5.41) is 3.36. The number of rotatable bonds is 1. The average molecular weight is 225 g/mol. The minimum absolute atomic E-state index is 0.595. The Kier molecular flexibility index (Phi) is 2.14. The van der Waals surface area contributed by atoms with Crippen molar-refractivity contribution in [2.75, 3.05) is 13.1 Å². The third kappa shape index (κ3) is 1.35. The first-order valence-corrected chi connectivity index (χ1v) is 4.24. The van der Waals surface area contributed by atoms with Gasteiger partial charge in [-0.05, 0) is 19.4 Å². The van der Waals surface area contributed by atoms with E-state index in [9.17, 15) is 0 Å². The van der Waals surface area contributed by atoms with Crippen molar-refractivity contribution in [1.82, 2.24) is 5.32 Å². The molecule has 8 heavy (non-hydrogen) atoms. The van der Waals surface area contributed by atoms with Crippen LogP contribution < -0.4 is 5.32 Å². The Bertz CT molecular complexity index is 76.6. The molecule has 1 unspecified atom stereocenters. The molecular formula is C6H12IN. The molecule has 0 amide bonds. The van der Waals surface area contributed by atoms with Crippen molar-refractivity contribution < 1.29 is 0 Å². The summed E-state index contributed by atoms with van der Waals surface area (Å²) in [6.45, 7) is 4.69. The highest BCUT2D eigenvalue weighted by Crippen LogP contribution is 2.29. The predicted octanol–water partition coefficient (Wildman–Crippen LogP) is 1.56. The van der Waals surface area contributed by atoms with E-state index >= 15 is 0 Å². The summed E-state index contributed by atoms with van der Waals surface area (Å²) in [4.78, 5) is 0. The molecule has 0 aromatic heterocycles. The maximum atomic E-state index is 3.36. The van der Waals surface area contributed by atoms with Gasteiger partial charge in [0.1, 0.15) is 0 Å². The Morgan fingerprint density at radius 3 is 2.75 bits per heavy atom. The lowest BCUT2D eigenvalue weighted by Crippen LogP contribution is -2.22. The Balaban J connectivity index is 2.40. The first kappa shape index (κ1) is 6.81. The third-order valence-electron chi connectivity index (χ3n) is 1.83. The molecular weight excluding hydrogens is 213 g/mol. The van der Waals surface area contributed by atoms with Crippen LogP contribution in [0.1, 0.15) is 19.8 Å². The fraction of sp³-hybridized carbons (Fsp3) is 1.00. The predicted molar refractivity (Wildman–Crippen MR) is 44.5 cm³/mol. The number of hydrogen-bond acceptors (Lipinski definition) is 1. The lowest BCUT2D eigenvalue weighted by Gasteiger charge is -2.16. The number of hydrogen-bond donors (Lipinski definition) is 1. The molecule has 0 bridgehead atoms. The van der Waals surface area contributed by atoms with Gasteiger partial charge in [-0.2, -0.15) is 0 Å². The highest BCUT2D eigenvalue weighted by molar-refractivity contribution is 14.1. The van der Waals surface area contributed by atoms with Crippen molar-refractivity contribution in [3.8, 4) is 0 Å². The molecule has 2 heteroatoms. The van der Waals surface area contributed by atoms with Gasteiger partial charge < -0.3 is 5.32 Å². The molecule has 0 saturated carbocycles. The van der Waals surface area contributed by atoms with Gasteiger partial charge in [0, 0.05) is 9.97 Å².